The summed E-state index contributed by atoms with van der Waals surface area (Å²) in [5.41, 5.74) is 14.9. The molecule has 9 aromatic carbocycles. The van der Waals surface area contributed by atoms with Crippen molar-refractivity contribution in [3.63, 3.8) is 0 Å². The number of rotatable bonds is 9. The van der Waals surface area contributed by atoms with Crippen molar-refractivity contribution in [2.24, 2.45) is 0 Å². The van der Waals surface area contributed by atoms with Crippen molar-refractivity contribution in [2.75, 3.05) is 9.80 Å². The molecule has 0 aliphatic heterocycles. The Labute approximate surface area is 333 Å². The standard InChI is InChI=1S/C54H39N3/c1-6-20-44(21-7-1)55(45-22-8-2-9-23-45)49-30-16-18-40(36-49)42-32-34-53-51(38-42)52-39-43(33-35-54(52)57(53)48-28-14-5-15-29-48)41-19-17-31-50(37-41)56(46-24-10-3-11-25-46)47-26-12-4-13-27-47/h1-39H. The van der Waals surface area contributed by atoms with E-state index in [0.717, 1.165) is 50.9 Å². The lowest BCUT2D eigenvalue weighted by atomic mass is 9.99. The molecule has 0 aliphatic carbocycles. The van der Waals surface area contributed by atoms with Gasteiger partial charge in [0.1, 0.15) is 0 Å². The van der Waals surface area contributed by atoms with E-state index in [1.165, 1.54) is 32.9 Å². The first-order chi connectivity index (χ1) is 28.3. The van der Waals surface area contributed by atoms with Gasteiger partial charge in [-0.2, -0.15) is 0 Å². The predicted octanol–water partition coefficient (Wildman–Crippen LogP) is 15.1. The smallest absolute Gasteiger partial charge is 0.0541 e. The third-order valence-electron chi connectivity index (χ3n) is 10.7. The molecular weight excluding hydrogens is 691 g/mol. The Morgan fingerprint density at radius 2 is 0.561 bits per heavy atom. The van der Waals surface area contributed by atoms with Crippen LogP contribution in [0.4, 0.5) is 34.1 Å². The van der Waals surface area contributed by atoms with Crippen LogP contribution in [0.15, 0.2) is 237 Å². The molecule has 0 saturated heterocycles. The summed E-state index contributed by atoms with van der Waals surface area (Å²) in [5, 5.41) is 2.43. The van der Waals surface area contributed by atoms with E-state index in [-0.39, 0.29) is 0 Å². The third-order valence-corrected chi connectivity index (χ3v) is 10.7. The Balaban J connectivity index is 1.11. The second-order valence-electron chi connectivity index (χ2n) is 14.2. The quantitative estimate of drug-likeness (QED) is 0.147. The normalized spacial score (nSPS) is 11.2. The van der Waals surface area contributed by atoms with Crippen molar-refractivity contribution in [2.45, 2.75) is 0 Å². The fraction of sp³-hybridized carbons (Fsp3) is 0. The molecule has 0 fully saturated rings. The van der Waals surface area contributed by atoms with Crippen LogP contribution in [0.3, 0.4) is 0 Å². The minimum atomic E-state index is 1.11. The molecule has 270 valence electrons. The highest BCUT2D eigenvalue weighted by atomic mass is 15.1. The van der Waals surface area contributed by atoms with Gasteiger partial charge in [-0.3, -0.25) is 0 Å². The highest BCUT2D eigenvalue weighted by molar-refractivity contribution is 6.11. The Morgan fingerprint density at radius 3 is 0.930 bits per heavy atom. The largest absolute Gasteiger partial charge is 0.310 e. The molecule has 0 N–H and O–H groups in total. The molecule has 10 aromatic rings. The summed E-state index contributed by atoms with van der Waals surface area (Å²) in [6, 6.07) is 84.7. The number of hydrogen-bond donors (Lipinski definition) is 0. The van der Waals surface area contributed by atoms with Gasteiger partial charge in [0.2, 0.25) is 0 Å². The monoisotopic (exact) mass is 729 g/mol. The molecule has 1 aromatic heterocycles. The second kappa shape index (κ2) is 14.9. The molecule has 0 atom stereocenters. The summed E-state index contributed by atoms with van der Waals surface area (Å²) in [6.45, 7) is 0. The molecule has 1 heterocycles. The molecule has 3 heteroatoms. The zero-order chi connectivity index (χ0) is 38.0. The molecule has 57 heavy (non-hydrogen) atoms. The number of fused-ring (bicyclic) bond motifs is 3. The molecule has 0 radical (unpaired) electrons. The van der Waals surface area contributed by atoms with Gasteiger partial charge < -0.3 is 14.4 Å². The highest BCUT2D eigenvalue weighted by Gasteiger charge is 2.18. The number of hydrogen-bond acceptors (Lipinski definition) is 2. The zero-order valence-corrected chi connectivity index (χ0v) is 31.4. The van der Waals surface area contributed by atoms with Gasteiger partial charge in [-0.05, 0) is 131 Å². The van der Waals surface area contributed by atoms with Crippen LogP contribution in [0.2, 0.25) is 0 Å². The fourth-order valence-corrected chi connectivity index (χ4v) is 8.09. The van der Waals surface area contributed by atoms with Crippen LogP contribution in [-0.2, 0) is 0 Å². The van der Waals surface area contributed by atoms with E-state index >= 15 is 0 Å². The average molecular weight is 730 g/mol. The lowest BCUT2D eigenvalue weighted by Gasteiger charge is -2.26. The predicted molar refractivity (Wildman–Crippen MR) is 241 cm³/mol. The van der Waals surface area contributed by atoms with Crippen molar-refractivity contribution in [1.29, 1.82) is 0 Å². The fourth-order valence-electron chi connectivity index (χ4n) is 8.09. The second-order valence-corrected chi connectivity index (χ2v) is 14.2. The van der Waals surface area contributed by atoms with Crippen LogP contribution in [-0.4, -0.2) is 4.57 Å². The van der Waals surface area contributed by atoms with Gasteiger partial charge in [0, 0.05) is 50.6 Å². The first-order valence-electron chi connectivity index (χ1n) is 19.4. The van der Waals surface area contributed by atoms with E-state index in [0.29, 0.717) is 0 Å². The summed E-state index contributed by atoms with van der Waals surface area (Å²) >= 11 is 0. The summed E-state index contributed by atoms with van der Waals surface area (Å²) in [6.07, 6.45) is 0. The first-order valence-corrected chi connectivity index (χ1v) is 19.4. The van der Waals surface area contributed by atoms with Gasteiger partial charge in [-0.25, -0.2) is 0 Å². The summed E-state index contributed by atoms with van der Waals surface area (Å²) in [7, 11) is 0. The lowest BCUT2D eigenvalue weighted by molar-refractivity contribution is 1.18. The first kappa shape index (κ1) is 33.9. The molecule has 3 nitrogen and oxygen atoms in total. The number of anilines is 6. The molecule has 0 aliphatic rings. The van der Waals surface area contributed by atoms with Crippen molar-refractivity contribution >= 4 is 55.9 Å². The molecule has 0 unspecified atom stereocenters. The van der Waals surface area contributed by atoms with E-state index in [9.17, 15) is 0 Å². The molecule has 0 saturated carbocycles. The average Bonchev–Trinajstić information content (AvgIpc) is 3.62. The number of para-hydroxylation sites is 5. The van der Waals surface area contributed by atoms with Crippen LogP contribution in [0, 0.1) is 0 Å². The lowest BCUT2D eigenvalue weighted by Crippen LogP contribution is -2.09. The Kier molecular flexibility index (Phi) is 8.86. The molecule has 10 rings (SSSR count). The maximum atomic E-state index is 2.39. The van der Waals surface area contributed by atoms with Crippen LogP contribution < -0.4 is 9.80 Å². The van der Waals surface area contributed by atoms with Gasteiger partial charge in [-0.1, -0.05) is 127 Å². The zero-order valence-electron chi connectivity index (χ0n) is 31.4. The van der Waals surface area contributed by atoms with Gasteiger partial charge >= 0.3 is 0 Å². The third kappa shape index (κ3) is 6.52. The van der Waals surface area contributed by atoms with Gasteiger partial charge in [0.25, 0.3) is 0 Å². The Morgan fingerprint density at radius 1 is 0.246 bits per heavy atom. The van der Waals surface area contributed by atoms with E-state index in [1.807, 2.05) is 0 Å². The highest BCUT2D eigenvalue weighted by Crippen LogP contribution is 2.41. The number of aromatic nitrogens is 1. The van der Waals surface area contributed by atoms with Crippen molar-refractivity contribution in [3.8, 4) is 27.9 Å². The van der Waals surface area contributed by atoms with Gasteiger partial charge in [0.15, 0.2) is 0 Å². The number of nitrogens with zero attached hydrogens (tertiary/aromatic N) is 3. The summed E-state index contributed by atoms with van der Waals surface area (Å²) in [4.78, 5) is 4.64. The van der Waals surface area contributed by atoms with Crippen LogP contribution in [0.1, 0.15) is 0 Å². The minimum absolute atomic E-state index is 1.11. The Hall–Kier alpha value is -7.62. The molecule has 0 bridgehead atoms. The maximum Gasteiger partial charge on any atom is 0.0541 e. The van der Waals surface area contributed by atoms with Crippen molar-refractivity contribution in [1.82, 2.24) is 4.57 Å². The minimum Gasteiger partial charge on any atom is -0.310 e. The van der Waals surface area contributed by atoms with Crippen molar-refractivity contribution < 1.29 is 0 Å². The van der Waals surface area contributed by atoms with E-state index in [4.69, 9.17) is 0 Å². The number of benzene rings is 9. The van der Waals surface area contributed by atoms with Crippen LogP contribution >= 0.6 is 0 Å². The SMILES string of the molecule is c1ccc(N(c2ccccc2)c2cccc(-c3ccc4c(c3)c3cc(-c5cccc(N(c6ccccc6)c6ccccc6)c5)ccc3n4-c3ccccc3)c2)cc1. The Bertz CT molecular complexity index is 2680. The van der Waals surface area contributed by atoms with E-state index in [2.05, 4.69) is 251 Å². The molecular formula is C54H39N3. The van der Waals surface area contributed by atoms with Gasteiger partial charge in [0.05, 0.1) is 11.0 Å². The van der Waals surface area contributed by atoms with E-state index in [1.54, 1.807) is 0 Å². The maximum absolute atomic E-state index is 2.39. The molecule has 0 amide bonds. The van der Waals surface area contributed by atoms with Crippen molar-refractivity contribution in [3.05, 3.63) is 237 Å². The summed E-state index contributed by atoms with van der Waals surface area (Å²) in [5.74, 6) is 0. The van der Waals surface area contributed by atoms with Gasteiger partial charge in [-0.15, -0.1) is 0 Å². The van der Waals surface area contributed by atoms with E-state index < -0.39 is 0 Å². The molecule has 0 spiro atoms. The van der Waals surface area contributed by atoms with Crippen LogP contribution in [0.25, 0.3) is 49.7 Å². The topological polar surface area (TPSA) is 11.4 Å². The van der Waals surface area contributed by atoms with Crippen LogP contribution in [0.5, 0.6) is 0 Å². The summed E-state index contributed by atoms with van der Waals surface area (Å²) < 4.78 is 2.39.